The molecule has 0 bridgehead atoms. The molecule has 1 aromatic rings. The average Bonchev–Trinajstić information content (AvgIpc) is 2.17. The minimum absolute atomic E-state index is 0.0471. The van der Waals surface area contributed by atoms with E-state index in [0.717, 1.165) is 12.0 Å². The maximum Gasteiger partial charge on any atom is 0.335 e. The van der Waals surface area contributed by atoms with E-state index < -0.39 is 5.97 Å². The van der Waals surface area contributed by atoms with E-state index in [1.54, 1.807) is 18.2 Å². The number of rotatable bonds is 3. The van der Waals surface area contributed by atoms with Crippen molar-refractivity contribution >= 4 is 5.97 Å². The highest BCUT2D eigenvalue weighted by Crippen LogP contribution is 2.35. The molecule has 1 saturated heterocycles. The van der Waals surface area contributed by atoms with Crippen molar-refractivity contribution in [2.75, 3.05) is 13.2 Å². The number of aromatic carboxylic acids is 1. The van der Waals surface area contributed by atoms with Gasteiger partial charge in [0.05, 0.1) is 18.8 Å². The summed E-state index contributed by atoms with van der Waals surface area (Å²) in [5.41, 5.74) is 1.48. The van der Waals surface area contributed by atoms with Crippen LogP contribution in [0.15, 0.2) is 24.3 Å². The van der Waals surface area contributed by atoms with Gasteiger partial charge in [-0.3, -0.25) is 0 Å². The summed E-state index contributed by atoms with van der Waals surface area (Å²) in [7, 11) is 0. The molecule has 0 radical (unpaired) electrons. The fourth-order valence-corrected chi connectivity index (χ4v) is 1.91. The zero-order valence-corrected chi connectivity index (χ0v) is 8.69. The number of ether oxygens (including phenoxy) is 1. The topological polar surface area (TPSA) is 46.5 Å². The first kappa shape index (κ1) is 10.2. The molecule has 80 valence electrons. The van der Waals surface area contributed by atoms with E-state index in [-0.39, 0.29) is 5.41 Å². The van der Waals surface area contributed by atoms with Gasteiger partial charge in [-0.15, -0.1) is 0 Å². The van der Waals surface area contributed by atoms with Crippen LogP contribution in [-0.2, 0) is 10.2 Å². The molecule has 15 heavy (non-hydrogen) atoms. The number of benzene rings is 1. The summed E-state index contributed by atoms with van der Waals surface area (Å²) >= 11 is 0. The number of carbonyl (C=O) groups is 1. The lowest BCUT2D eigenvalue weighted by molar-refractivity contribution is -0.0620. The molecule has 0 aliphatic carbocycles. The zero-order chi connectivity index (χ0) is 10.9. The first-order valence-corrected chi connectivity index (χ1v) is 5.09. The van der Waals surface area contributed by atoms with Crippen LogP contribution in [-0.4, -0.2) is 24.3 Å². The smallest absolute Gasteiger partial charge is 0.335 e. The maximum atomic E-state index is 10.8. The van der Waals surface area contributed by atoms with Gasteiger partial charge in [-0.2, -0.15) is 0 Å². The lowest BCUT2D eigenvalue weighted by atomic mass is 9.76. The minimum Gasteiger partial charge on any atom is -0.478 e. The van der Waals surface area contributed by atoms with Crippen LogP contribution in [0, 0.1) is 0 Å². The van der Waals surface area contributed by atoms with E-state index in [1.807, 2.05) is 6.07 Å². The predicted octanol–water partition coefficient (Wildman–Crippen LogP) is 2.06. The van der Waals surface area contributed by atoms with E-state index in [4.69, 9.17) is 9.84 Å². The van der Waals surface area contributed by atoms with Crippen molar-refractivity contribution in [2.45, 2.75) is 18.8 Å². The number of carboxylic acid groups (broad SMARTS) is 1. The molecular formula is C12H14O3. The Morgan fingerprint density at radius 1 is 1.53 bits per heavy atom. The normalized spacial score (nSPS) is 18.2. The maximum absolute atomic E-state index is 10.8. The molecular weight excluding hydrogens is 192 g/mol. The molecule has 1 heterocycles. The van der Waals surface area contributed by atoms with Crippen LogP contribution in [0.4, 0.5) is 0 Å². The van der Waals surface area contributed by atoms with E-state index in [0.29, 0.717) is 18.8 Å². The molecule has 0 aromatic heterocycles. The minimum atomic E-state index is -0.872. The van der Waals surface area contributed by atoms with Gasteiger partial charge in [0.15, 0.2) is 0 Å². The third kappa shape index (κ3) is 1.63. The first-order valence-electron chi connectivity index (χ1n) is 5.09. The van der Waals surface area contributed by atoms with Gasteiger partial charge in [0.25, 0.3) is 0 Å². The van der Waals surface area contributed by atoms with Crippen LogP contribution in [0.1, 0.15) is 29.3 Å². The molecule has 0 spiro atoms. The van der Waals surface area contributed by atoms with Gasteiger partial charge in [0.1, 0.15) is 0 Å². The second kappa shape index (κ2) is 3.66. The Balaban J connectivity index is 2.35. The standard InChI is InChI=1S/C12H14O3/c1-2-12(7-15-8-12)10-5-3-4-9(6-10)11(13)14/h3-6H,2,7-8H2,1H3,(H,13,14). The highest BCUT2D eigenvalue weighted by molar-refractivity contribution is 5.87. The second-order valence-electron chi connectivity index (χ2n) is 4.01. The zero-order valence-electron chi connectivity index (χ0n) is 8.69. The quantitative estimate of drug-likeness (QED) is 0.823. The molecule has 2 rings (SSSR count). The summed E-state index contributed by atoms with van der Waals surface area (Å²) in [5, 5.41) is 8.91. The second-order valence-corrected chi connectivity index (χ2v) is 4.01. The third-order valence-electron chi connectivity index (χ3n) is 3.16. The molecule has 1 aliphatic heterocycles. The van der Waals surface area contributed by atoms with Crippen molar-refractivity contribution in [3.8, 4) is 0 Å². The lowest BCUT2D eigenvalue weighted by Crippen LogP contribution is -2.46. The number of hydrogen-bond acceptors (Lipinski definition) is 2. The molecule has 1 aliphatic rings. The van der Waals surface area contributed by atoms with Gasteiger partial charge in [-0.25, -0.2) is 4.79 Å². The van der Waals surface area contributed by atoms with Crippen molar-refractivity contribution in [2.24, 2.45) is 0 Å². The Labute approximate surface area is 88.7 Å². The Hall–Kier alpha value is -1.35. The van der Waals surface area contributed by atoms with E-state index in [1.165, 1.54) is 0 Å². The molecule has 0 unspecified atom stereocenters. The summed E-state index contributed by atoms with van der Waals surface area (Å²) in [6.07, 6.45) is 0.982. The number of carboxylic acids is 1. The van der Waals surface area contributed by atoms with Crippen LogP contribution >= 0.6 is 0 Å². The van der Waals surface area contributed by atoms with Crippen molar-refractivity contribution in [1.82, 2.24) is 0 Å². The molecule has 0 amide bonds. The van der Waals surface area contributed by atoms with Crippen molar-refractivity contribution in [3.05, 3.63) is 35.4 Å². The predicted molar refractivity (Wildman–Crippen MR) is 56.2 cm³/mol. The molecule has 0 atom stereocenters. The summed E-state index contributed by atoms with van der Waals surface area (Å²) in [6, 6.07) is 7.16. The summed E-state index contributed by atoms with van der Waals surface area (Å²) in [5.74, 6) is -0.872. The van der Waals surface area contributed by atoms with Crippen LogP contribution in [0.3, 0.4) is 0 Å². The van der Waals surface area contributed by atoms with Gasteiger partial charge >= 0.3 is 5.97 Å². The lowest BCUT2D eigenvalue weighted by Gasteiger charge is -2.41. The molecule has 1 fully saturated rings. The monoisotopic (exact) mass is 206 g/mol. The molecule has 3 nitrogen and oxygen atoms in total. The fraction of sp³-hybridized carbons (Fsp3) is 0.417. The van der Waals surface area contributed by atoms with Crippen LogP contribution in [0.25, 0.3) is 0 Å². The van der Waals surface area contributed by atoms with Crippen molar-refractivity contribution in [1.29, 1.82) is 0 Å². The first-order chi connectivity index (χ1) is 7.18. The molecule has 1 N–H and O–H groups in total. The van der Waals surface area contributed by atoms with Gasteiger partial charge in [-0.1, -0.05) is 19.1 Å². The summed E-state index contributed by atoms with van der Waals surface area (Å²) < 4.78 is 5.24. The van der Waals surface area contributed by atoms with Gasteiger partial charge in [-0.05, 0) is 24.1 Å². The Morgan fingerprint density at radius 3 is 2.73 bits per heavy atom. The highest BCUT2D eigenvalue weighted by Gasteiger charge is 2.38. The van der Waals surface area contributed by atoms with Crippen LogP contribution in [0.2, 0.25) is 0 Å². The summed E-state index contributed by atoms with van der Waals surface area (Å²) in [4.78, 5) is 10.8. The van der Waals surface area contributed by atoms with Crippen molar-refractivity contribution in [3.63, 3.8) is 0 Å². The largest absolute Gasteiger partial charge is 0.478 e. The van der Waals surface area contributed by atoms with E-state index >= 15 is 0 Å². The SMILES string of the molecule is CCC1(c2cccc(C(=O)O)c2)COC1. The Morgan fingerprint density at radius 2 is 2.27 bits per heavy atom. The van der Waals surface area contributed by atoms with Crippen LogP contribution in [0.5, 0.6) is 0 Å². The number of hydrogen-bond donors (Lipinski definition) is 1. The fourth-order valence-electron chi connectivity index (χ4n) is 1.91. The summed E-state index contributed by atoms with van der Waals surface area (Å²) in [6.45, 7) is 3.51. The van der Waals surface area contributed by atoms with E-state index in [9.17, 15) is 4.79 Å². The molecule has 0 saturated carbocycles. The van der Waals surface area contributed by atoms with Gasteiger partial charge < -0.3 is 9.84 Å². The third-order valence-corrected chi connectivity index (χ3v) is 3.16. The highest BCUT2D eigenvalue weighted by atomic mass is 16.5. The van der Waals surface area contributed by atoms with Gasteiger partial charge in [0.2, 0.25) is 0 Å². The molecule has 1 aromatic carbocycles. The Bertz CT molecular complexity index is 375. The van der Waals surface area contributed by atoms with Crippen LogP contribution < -0.4 is 0 Å². The average molecular weight is 206 g/mol. The van der Waals surface area contributed by atoms with Gasteiger partial charge in [0, 0.05) is 5.41 Å². The Kier molecular flexibility index (Phi) is 2.49. The van der Waals surface area contributed by atoms with E-state index in [2.05, 4.69) is 6.92 Å². The molecule has 3 heteroatoms. The van der Waals surface area contributed by atoms with Crippen molar-refractivity contribution < 1.29 is 14.6 Å².